The number of hydrogen-bond acceptors (Lipinski definition) is 3. The van der Waals surface area contributed by atoms with Gasteiger partial charge in [0.25, 0.3) is 5.91 Å². The van der Waals surface area contributed by atoms with Crippen LogP contribution in [-0.2, 0) is 6.18 Å². The third-order valence-corrected chi connectivity index (χ3v) is 4.74. The maximum atomic E-state index is 13.0. The second-order valence-electron chi connectivity index (χ2n) is 5.82. The van der Waals surface area contributed by atoms with Crippen molar-refractivity contribution in [1.29, 1.82) is 0 Å². The number of hydrogen-bond donors (Lipinski definition) is 2. The fraction of sp³-hybridized carbons (Fsp3) is 0.0526. The van der Waals surface area contributed by atoms with Gasteiger partial charge in [-0.3, -0.25) is 10.1 Å². The molecule has 0 aliphatic rings. The monoisotopic (exact) mass is 387 g/mol. The molecule has 0 radical (unpaired) electrons. The van der Waals surface area contributed by atoms with E-state index in [0.29, 0.717) is 27.5 Å². The van der Waals surface area contributed by atoms with Crippen LogP contribution in [0.4, 0.5) is 18.3 Å². The molecule has 2 aromatic carbocycles. The number of H-pyrrole nitrogens is 1. The van der Waals surface area contributed by atoms with Crippen molar-refractivity contribution in [3.63, 3.8) is 0 Å². The van der Waals surface area contributed by atoms with E-state index in [1.54, 1.807) is 41.9 Å². The number of anilines is 1. The molecule has 4 aromatic rings. The van der Waals surface area contributed by atoms with Gasteiger partial charge in [0.15, 0.2) is 5.13 Å². The van der Waals surface area contributed by atoms with Crippen molar-refractivity contribution in [1.82, 2.24) is 9.97 Å². The standard InChI is InChI=1S/C19H12F3N3OS/c20-19(21,22)13-5-1-3-11(9-13)15-10-12-4-2-6-14(16(12)24-15)17(26)25-18-23-7-8-27-18/h1-10,24H,(H,23,25,26). The number of carbonyl (C=O) groups is 1. The number of thiazole rings is 1. The molecule has 0 unspecified atom stereocenters. The van der Waals surface area contributed by atoms with Gasteiger partial charge in [0.05, 0.1) is 16.6 Å². The molecule has 0 saturated heterocycles. The molecular formula is C19H12F3N3OS. The predicted molar refractivity (Wildman–Crippen MR) is 98.8 cm³/mol. The molecular weight excluding hydrogens is 375 g/mol. The van der Waals surface area contributed by atoms with Crippen LogP contribution in [0.3, 0.4) is 0 Å². The lowest BCUT2D eigenvalue weighted by atomic mass is 10.1. The Bertz CT molecular complexity index is 1120. The summed E-state index contributed by atoms with van der Waals surface area (Å²) >= 11 is 1.30. The normalized spacial score (nSPS) is 11.7. The summed E-state index contributed by atoms with van der Waals surface area (Å²) in [6.45, 7) is 0. The molecule has 0 aliphatic heterocycles. The molecule has 0 fully saturated rings. The number of aromatic nitrogens is 2. The van der Waals surface area contributed by atoms with Crippen molar-refractivity contribution in [2.45, 2.75) is 6.18 Å². The van der Waals surface area contributed by atoms with Crippen molar-refractivity contribution >= 4 is 33.3 Å². The Balaban J connectivity index is 1.74. The van der Waals surface area contributed by atoms with Gasteiger partial charge in [0.2, 0.25) is 0 Å². The minimum absolute atomic E-state index is 0.340. The molecule has 4 rings (SSSR count). The first-order chi connectivity index (χ1) is 12.9. The molecule has 0 bridgehead atoms. The summed E-state index contributed by atoms with van der Waals surface area (Å²) in [6, 6.07) is 12.0. The highest BCUT2D eigenvalue weighted by Crippen LogP contribution is 2.33. The van der Waals surface area contributed by atoms with Crippen LogP contribution in [0, 0.1) is 0 Å². The van der Waals surface area contributed by atoms with E-state index in [1.165, 1.54) is 17.4 Å². The number of benzene rings is 2. The van der Waals surface area contributed by atoms with Gasteiger partial charge in [-0.05, 0) is 29.8 Å². The zero-order chi connectivity index (χ0) is 19.0. The van der Waals surface area contributed by atoms with E-state index in [0.717, 1.165) is 17.5 Å². The summed E-state index contributed by atoms with van der Waals surface area (Å²) in [7, 11) is 0. The number of aromatic amines is 1. The van der Waals surface area contributed by atoms with Crippen LogP contribution in [0.1, 0.15) is 15.9 Å². The first kappa shape index (κ1) is 17.3. The highest BCUT2D eigenvalue weighted by atomic mass is 32.1. The van der Waals surface area contributed by atoms with E-state index < -0.39 is 11.7 Å². The fourth-order valence-corrected chi connectivity index (χ4v) is 3.34. The summed E-state index contributed by atoms with van der Waals surface area (Å²) in [4.78, 5) is 19.6. The van der Waals surface area contributed by atoms with E-state index in [2.05, 4.69) is 15.3 Å². The van der Waals surface area contributed by atoms with Gasteiger partial charge < -0.3 is 4.98 Å². The van der Waals surface area contributed by atoms with Crippen LogP contribution >= 0.6 is 11.3 Å². The molecule has 0 saturated carbocycles. The largest absolute Gasteiger partial charge is 0.416 e. The van der Waals surface area contributed by atoms with Crippen molar-refractivity contribution in [3.05, 3.63) is 71.2 Å². The predicted octanol–water partition coefficient (Wildman–Crippen LogP) is 5.56. The van der Waals surface area contributed by atoms with Gasteiger partial charge in [-0.1, -0.05) is 24.3 Å². The SMILES string of the molecule is O=C(Nc1nccs1)c1cccc2cc(-c3cccc(C(F)(F)F)c3)[nH]c12. The number of rotatable bonds is 3. The van der Waals surface area contributed by atoms with Gasteiger partial charge in [-0.15, -0.1) is 11.3 Å². The number of amides is 1. The molecule has 2 heterocycles. The quantitative estimate of drug-likeness (QED) is 0.483. The van der Waals surface area contributed by atoms with Crippen LogP contribution < -0.4 is 5.32 Å². The lowest BCUT2D eigenvalue weighted by molar-refractivity contribution is -0.137. The second-order valence-corrected chi connectivity index (χ2v) is 6.72. The van der Waals surface area contributed by atoms with E-state index in [4.69, 9.17) is 0 Å². The number of nitrogens with zero attached hydrogens (tertiary/aromatic N) is 1. The highest BCUT2D eigenvalue weighted by molar-refractivity contribution is 7.13. The number of carbonyl (C=O) groups excluding carboxylic acids is 1. The average molecular weight is 387 g/mol. The molecule has 27 heavy (non-hydrogen) atoms. The molecule has 0 atom stereocenters. The molecule has 1 amide bonds. The van der Waals surface area contributed by atoms with Crippen LogP contribution in [-0.4, -0.2) is 15.9 Å². The highest BCUT2D eigenvalue weighted by Gasteiger charge is 2.30. The molecule has 8 heteroatoms. The van der Waals surface area contributed by atoms with E-state index in [9.17, 15) is 18.0 Å². The lowest BCUT2D eigenvalue weighted by Gasteiger charge is -2.07. The Hall–Kier alpha value is -3.13. The van der Waals surface area contributed by atoms with Crippen LogP contribution in [0.25, 0.3) is 22.2 Å². The number of nitrogens with one attached hydrogen (secondary N) is 2. The number of fused-ring (bicyclic) bond motifs is 1. The zero-order valence-electron chi connectivity index (χ0n) is 13.7. The molecule has 2 aromatic heterocycles. The van der Waals surface area contributed by atoms with E-state index in [1.807, 2.05) is 0 Å². The Labute approximate surface area is 155 Å². The summed E-state index contributed by atoms with van der Waals surface area (Å²) in [6.07, 6.45) is -2.83. The molecule has 2 N–H and O–H groups in total. The van der Waals surface area contributed by atoms with Crippen molar-refractivity contribution < 1.29 is 18.0 Å². The van der Waals surface area contributed by atoms with E-state index in [-0.39, 0.29) is 5.91 Å². The van der Waals surface area contributed by atoms with Crippen LogP contribution in [0.5, 0.6) is 0 Å². The van der Waals surface area contributed by atoms with Gasteiger partial charge in [0.1, 0.15) is 0 Å². The molecule has 136 valence electrons. The topological polar surface area (TPSA) is 57.8 Å². The zero-order valence-corrected chi connectivity index (χ0v) is 14.5. The fourth-order valence-electron chi connectivity index (χ4n) is 2.81. The Kier molecular flexibility index (Phi) is 4.19. The van der Waals surface area contributed by atoms with Crippen molar-refractivity contribution in [2.75, 3.05) is 5.32 Å². The second kappa shape index (κ2) is 6.55. The average Bonchev–Trinajstić information content (AvgIpc) is 3.30. The van der Waals surface area contributed by atoms with E-state index >= 15 is 0 Å². The van der Waals surface area contributed by atoms with Crippen LogP contribution in [0.15, 0.2) is 60.1 Å². The van der Waals surface area contributed by atoms with Crippen molar-refractivity contribution in [3.8, 4) is 11.3 Å². The lowest BCUT2D eigenvalue weighted by Crippen LogP contribution is -2.12. The molecule has 4 nitrogen and oxygen atoms in total. The Morgan fingerprint density at radius 3 is 2.67 bits per heavy atom. The summed E-state index contributed by atoms with van der Waals surface area (Å²) < 4.78 is 38.9. The van der Waals surface area contributed by atoms with Gasteiger partial charge in [-0.25, -0.2) is 4.98 Å². The maximum Gasteiger partial charge on any atom is 0.416 e. The Morgan fingerprint density at radius 2 is 1.93 bits per heavy atom. The minimum atomic E-state index is -4.42. The summed E-state index contributed by atoms with van der Waals surface area (Å²) in [5.41, 5.74) is 1.12. The number of halogens is 3. The third kappa shape index (κ3) is 3.43. The smallest absolute Gasteiger partial charge is 0.354 e. The Morgan fingerprint density at radius 1 is 1.11 bits per heavy atom. The summed E-state index contributed by atoms with van der Waals surface area (Å²) in [5.74, 6) is -0.340. The van der Waals surface area contributed by atoms with Crippen molar-refractivity contribution in [2.24, 2.45) is 0 Å². The first-order valence-corrected chi connectivity index (χ1v) is 8.80. The van der Waals surface area contributed by atoms with Gasteiger partial charge >= 0.3 is 6.18 Å². The van der Waals surface area contributed by atoms with Crippen LogP contribution in [0.2, 0.25) is 0 Å². The number of alkyl halides is 3. The first-order valence-electron chi connectivity index (χ1n) is 7.92. The van der Waals surface area contributed by atoms with Gasteiger partial charge in [0, 0.05) is 22.7 Å². The molecule has 0 spiro atoms. The van der Waals surface area contributed by atoms with Gasteiger partial charge in [-0.2, -0.15) is 13.2 Å². The molecule has 0 aliphatic carbocycles. The minimum Gasteiger partial charge on any atom is -0.354 e. The summed E-state index contributed by atoms with van der Waals surface area (Å²) in [5, 5.41) is 5.66. The maximum absolute atomic E-state index is 13.0. The number of para-hydroxylation sites is 1. The third-order valence-electron chi connectivity index (χ3n) is 4.05.